The first-order valence-corrected chi connectivity index (χ1v) is 10.7. The molecule has 8 heteroatoms. The second-order valence-electron chi connectivity index (χ2n) is 8.54. The van der Waals surface area contributed by atoms with E-state index in [2.05, 4.69) is 34.5 Å². The van der Waals surface area contributed by atoms with Crippen LogP contribution < -0.4 is 10.9 Å². The zero-order valence-electron chi connectivity index (χ0n) is 17.5. The van der Waals surface area contributed by atoms with Crippen molar-refractivity contribution >= 4 is 30.7 Å². The fourth-order valence-corrected chi connectivity index (χ4v) is 5.27. The Balaban J connectivity index is 0.00000136. The van der Waals surface area contributed by atoms with E-state index in [0.29, 0.717) is 5.92 Å². The molecule has 31 heavy (non-hydrogen) atoms. The maximum absolute atomic E-state index is 13.6. The quantitative estimate of drug-likeness (QED) is 0.756. The van der Waals surface area contributed by atoms with Gasteiger partial charge >= 0.3 is 0 Å². The molecule has 168 valence electrons. The van der Waals surface area contributed by atoms with Crippen LogP contribution in [0.25, 0.3) is 0 Å². The van der Waals surface area contributed by atoms with E-state index in [1.807, 2.05) is 23.1 Å². The van der Waals surface area contributed by atoms with Crippen LogP contribution >= 0.6 is 24.8 Å². The minimum atomic E-state index is -0.372. The molecule has 1 aromatic carbocycles. The van der Waals surface area contributed by atoms with Crippen LogP contribution in [0, 0.1) is 5.92 Å². The number of halogens is 2. The number of benzene rings is 1. The first-order chi connectivity index (χ1) is 14.2. The second kappa shape index (κ2) is 10.2. The van der Waals surface area contributed by atoms with E-state index in [4.69, 9.17) is 0 Å². The van der Waals surface area contributed by atoms with Crippen molar-refractivity contribution < 1.29 is 4.79 Å². The zero-order chi connectivity index (χ0) is 19.8. The monoisotopic (exact) mass is 464 g/mol. The van der Waals surface area contributed by atoms with Crippen LogP contribution in [-0.2, 0) is 11.3 Å². The van der Waals surface area contributed by atoms with Gasteiger partial charge in [-0.05, 0) is 18.1 Å². The third kappa shape index (κ3) is 4.67. The van der Waals surface area contributed by atoms with E-state index in [1.54, 1.807) is 10.6 Å². The van der Waals surface area contributed by atoms with Gasteiger partial charge in [0.15, 0.2) is 0 Å². The molecule has 6 nitrogen and oxygen atoms in total. The third-order valence-electron chi connectivity index (χ3n) is 6.73. The Hall–Kier alpha value is -1.86. The molecule has 3 aliphatic heterocycles. The summed E-state index contributed by atoms with van der Waals surface area (Å²) >= 11 is 0. The molecule has 2 aromatic rings. The summed E-state index contributed by atoms with van der Waals surface area (Å²) in [5.74, 6) is 0.636. The summed E-state index contributed by atoms with van der Waals surface area (Å²) in [6, 6.07) is 15.5. The molecule has 3 aliphatic rings. The standard InChI is InChI=1S/C23H28N4O2.2ClH/c28-21-8-4-7-20-18-13-19(15-24-14-18)22(27(20)21)23(29)26-11-9-25(10-12-26)16-17-5-2-1-3-6-17;;/h1-8,18-19,22,24H,9-16H2;2*1H/t18-,19+,22-;;/m1../s1. The Morgan fingerprint density at radius 2 is 1.68 bits per heavy atom. The highest BCUT2D eigenvalue weighted by molar-refractivity contribution is 5.85. The van der Waals surface area contributed by atoms with E-state index in [-0.39, 0.29) is 48.2 Å². The number of fused-ring (bicyclic) bond motifs is 4. The van der Waals surface area contributed by atoms with Crippen LogP contribution in [0.3, 0.4) is 0 Å². The number of pyridine rings is 1. The number of rotatable bonds is 3. The molecule has 0 radical (unpaired) electrons. The Bertz CT molecular complexity index is 944. The van der Waals surface area contributed by atoms with Crippen molar-refractivity contribution in [1.82, 2.24) is 19.7 Å². The summed E-state index contributed by atoms with van der Waals surface area (Å²) in [6.07, 6.45) is 0.987. The van der Waals surface area contributed by atoms with Crippen LogP contribution in [0.5, 0.6) is 0 Å². The Kier molecular flexibility index (Phi) is 7.81. The Labute approximate surface area is 195 Å². The summed E-state index contributed by atoms with van der Waals surface area (Å²) in [4.78, 5) is 30.6. The molecule has 3 atom stereocenters. The van der Waals surface area contributed by atoms with Crippen LogP contribution in [0.4, 0.5) is 0 Å². The lowest BCUT2D eigenvalue weighted by molar-refractivity contribution is -0.139. The van der Waals surface area contributed by atoms with E-state index in [9.17, 15) is 9.59 Å². The normalized spacial score (nSPS) is 25.0. The van der Waals surface area contributed by atoms with Gasteiger partial charge in [0.25, 0.3) is 5.56 Å². The SMILES string of the molecule is Cl.Cl.O=C([C@H]1[C@@H]2CNC[C@@H](C2)c2cccc(=O)n21)N1CCN(Cc2ccccc2)CC1. The Morgan fingerprint density at radius 1 is 0.935 bits per heavy atom. The van der Waals surface area contributed by atoms with Crippen molar-refractivity contribution in [3.05, 3.63) is 70.1 Å². The molecule has 1 amide bonds. The van der Waals surface area contributed by atoms with Crippen LogP contribution in [0.2, 0.25) is 0 Å². The number of hydrogen-bond donors (Lipinski definition) is 1. The largest absolute Gasteiger partial charge is 0.338 e. The number of piperidine rings is 1. The van der Waals surface area contributed by atoms with Gasteiger partial charge < -0.3 is 10.2 Å². The maximum Gasteiger partial charge on any atom is 0.251 e. The van der Waals surface area contributed by atoms with Gasteiger partial charge in [0.05, 0.1) is 0 Å². The fraction of sp³-hybridized carbons (Fsp3) is 0.478. The average molecular weight is 465 g/mol. The molecule has 5 rings (SSSR count). The molecule has 1 aromatic heterocycles. The average Bonchev–Trinajstić information content (AvgIpc) is 2.76. The van der Waals surface area contributed by atoms with E-state index in [1.165, 1.54) is 5.56 Å². The number of carbonyl (C=O) groups is 1. The lowest BCUT2D eigenvalue weighted by Crippen LogP contribution is -2.56. The molecule has 2 saturated heterocycles. The molecule has 0 spiro atoms. The first kappa shape index (κ1) is 23.8. The van der Waals surface area contributed by atoms with E-state index in [0.717, 1.165) is 57.9 Å². The maximum atomic E-state index is 13.6. The first-order valence-electron chi connectivity index (χ1n) is 10.7. The molecule has 0 unspecified atom stereocenters. The number of amides is 1. The molecular weight excluding hydrogens is 435 g/mol. The predicted molar refractivity (Wildman–Crippen MR) is 126 cm³/mol. The van der Waals surface area contributed by atoms with Gasteiger partial charge in [-0.3, -0.25) is 19.1 Å². The van der Waals surface area contributed by atoms with Crippen molar-refractivity contribution in [2.75, 3.05) is 39.3 Å². The number of hydrogen-bond acceptors (Lipinski definition) is 4. The minimum Gasteiger partial charge on any atom is -0.338 e. The van der Waals surface area contributed by atoms with Crippen LogP contribution in [-0.4, -0.2) is 59.5 Å². The molecule has 2 bridgehead atoms. The second-order valence-corrected chi connectivity index (χ2v) is 8.54. The van der Waals surface area contributed by atoms with Crippen molar-refractivity contribution in [1.29, 1.82) is 0 Å². The highest BCUT2D eigenvalue weighted by Gasteiger charge is 2.43. The highest BCUT2D eigenvalue weighted by Crippen LogP contribution is 2.39. The third-order valence-corrected chi connectivity index (χ3v) is 6.73. The summed E-state index contributed by atoms with van der Waals surface area (Å²) < 4.78 is 1.80. The van der Waals surface area contributed by atoms with Gasteiger partial charge in [0, 0.05) is 69.4 Å². The van der Waals surface area contributed by atoms with Crippen molar-refractivity contribution in [3.63, 3.8) is 0 Å². The Morgan fingerprint density at radius 3 is 2.42 bits per heavy atom. The molecule has 4 heterocycles. The van der Waals surface area contributed by atoms with Crippen LogP contribution in [0.15, 0.2) is 53.3 Å². The van der Waals surface area contributed by atoms with Crippen molar-refractivity contribution in [2.45, 2.75) is 24.9 Å². The van der Waals surface area contributed by atoms with E-state index >= 15 is 0 Å². The molecule has 0 aliphatic carbocycles. The summed E-state index contributed by atoms with van der Waals surface area (Å²) in [5.41, 5.74) is 2.28. The van der Waals surface area contributed by atoms with Gasteiger partial charge in [-0.15, -0.1) is 24.8 Å². The topological polar surface area (TPSA) is 57.6 Å². The summed E-state index contributed by atoms with van der Waals surface area (Å²) in [5, 5.41) is 3.47. The van der Waals surface area contributed by atoms with Gasteiger partial charge in [-0.1, -0.05) is 36.4 Å². The van der Waals surface area contributed by atoms with Gasteiger partial charge in [0.1, 0.15) is 6.04 Å². The van der Waals surface area contributed by atoms with Gasteiger partial charge in [-0.2, -0.15) is 0 Å². The number of piperazine rings is 1. The smallest absolute Gasteiger partial charge is 0.251 e. The lowest BCUT2D eigenvalue weighted by Gasteiger charge is -2.45. The highest BCUT2D eigenvalue weighted by atomic mass is 35.5. The number of carbonyl (C=O) groups excluding carboxylic acids is 1. The number of nitrogens with one attached hydrogen (secondary N) is 1. The van der Waals surface area contributed by atoms with E-state index < -0.39 is 0 Å². The number of aromatic nitrogens is 1. The number of nitrogens with zero attached hydrogens (tertiary/aromatic N) is 3. The molecule has 1 N–H and O–H groups in total. The lowest BCUT2D eigenvalue weighted by atomic mass is 9.79. The fourth-order valence-electron chi connectivity index (χ4n) is 5.27. The summed E-state index contributed by atoms with van der Waals surface area (Å²) in [7, 11) is 0. The van der Waals surface area contributed by atoms with Crippen molar-refractivity contribution in [3.8, 4) is 0 Å². The van der Waals surface area contributed by atoms with Crippen LogP contribution in [0.1, 0.15) is 29.6 Å². The zero-order valence-corrected chi connectivity index (χ0v) is 19.1. The van der Waals surface area contributed by atoms with Crippen molar-refractivity contribution in [2.24, 2.45) is 5.92 Å². The summed E-state index contributed by atoms with van der Waals surface area (Å²) in [6.45, 7) is 5.81. The van der Waals surface area contributed by atoms with Gasteiger partial charge in [-0.25, -0.2) is 0 Å². The molecule has 2 fully saturated rings. The van der Waals surface area contributed by atoms with Gasteiger partial charge in [0.2, 0.25) is 5.91 Å². The molecule has 0 saturated carbocycles. The predicted octanol–water partition coefficient (Wildman–Crippen LogP) is 2.28. The molecular formula is C23H30Cl2N4O2. The minimum absolute atomic E-state index is 0.